The van der Waals surface area contributed by atoms with E-state index >= 15 is 0 Å². The number of hydrogen-bond donors (Lipinski definition) is 0. The van der Waals surface area contributed by atoms with Crippen molar-refractivity contribution in [2.45, 2.75) is 24.6 Å². The van der Waals surface area contributed by atoms with Crippen LogP contribution in [0.2, 0.25) is 5.32 Å². The molecule has 0 aromatic heterocycles. The van der Waals surface area contributed by atoms with E-state index in [2.05, 4.69) is 48.3 Å². The van der Waals surface area contributed by atoms with Gasteiger partial charge < -0.3 is 0 Å². The first-order chi connectivity index (χ1) is 13.2. The molecule has 0 N–H and O–H groups in total. The normalized spacial score (nSPS) is 21.1. The third-order valence-electron chi connectivity index (χ3n) is 5.05. The number of esters is 1. The summed E-state index contributed by atoms with van der Waals surface area (Å²) in [4.78, 5) is 12.8. The van der Waals surface area contributed by atoms with Crippen LogP contribution in [0.15, 0.2) is 72.8 Å². The van der Waals surface area contributed by atoms with Gasteiger partial charge in [-0.3, -0.25) is 0 Å². The molecule has 138 valence electrons. The number of benzene rings is 2. The number of ether oxygens (including phenoxy) is 1. The second kappa shape index (κ2) is 9.60. The molecule has 27 heavy (non-hydrogen) atoms. The number of carbonyl (C=O) groups is 1. The van der Waals surface area contributed by atoms with Gasteiger partial charge in [-0.05, 0) is 0 Å². The summed E-state index contributed by atoms with van der Waals surface area (Å²) in [5.41, 5.74) is 0.441. The van der Waals surface area contributed by atoms with Crippen LogP contribution >= 0.6 is 0 Å². The molecule has 0 spiro atoms. The van der Waals surface area contributed by atoms with E-state index in [0.717, 1.165) is 17.3 Å². The molecule has 1 aliphatic rings. The number of allylic oxidation sites excluding steroid dienone is 2. The van der Waals surface area contributed by atoms with Crippen LogP contribution in [0.5, 0.6) is 0 Å². The summed E-state index contributed by atoms with van der Waals surface area (Å²) >= 11 is 0.337. The van der Waals surface area contributed by atoms with Crippen molar-refractivity contribution in [2.75, 3.05) is 7.11 Å². The van der Waals surface area contributed by atoms with E-state index in [1.54, 1.807) is 0 Å². The number of carbonyl (C=O) groups excluding carboxylic acids is 1. The Morgan fingerprint density at radius 3 is 2.52 bits per heavy atom. The van der Waals surface area contributed by atoms with Crippen LogP contribution in [-0.4, -0.2) is 28.0 Å². The molecule has 1 aliphatic carbocycles. The standard InChI is InChI=1S/C24H24O2Se/c1-26-23(25)24(18-10-13-20-11-4-2-5-12-20)17-9-8-14-21(24)19-27-22-15-6-3-7-16-22/h2-9,11-12,15-16,21H,14,17-19H2,1H3/t21-,24+/m1/s1. The third-order valence-corrected chi connectivity index (χ3v) is 7.51. The van der Waals surface area contributed by atoms with E-state index in [0.29, 0.717) is 27.8 Å². The summed E-state index contributed by atoms with van der Waals surface area (Å²) in [7, 11) is 1.49. The maximum absolute atomic E-state index is 12.8. The van der Waals surface area contributed by atoms with Crippen molar-refractivity contribution in [2.24, 2.45) is 11.3 Å². The van der Waals surface area contributed by atoms with Gasteiger partial charge in [-0.2, -0.15) is 0 Å². The number of methoxy groups -OCH3 is 1. The monoisotopic (exact) mass is 424 g/mol. The number of hydrogen-bond acceptors (Lipinski definition) is 2. The molecular formula is C24H24O2Se. The van der Waals surface area contributed by atoms with Crippen molar-refractivity contribution < 1.29 is 9.53 Å². The van der Waals surface area contributed by atoms with Crippen LogP contribution in [0.25, 0.3) is 0 Å². The van der Waals surface area contributed by atoms with Crippen LogP contribution in [0.4, 0.5) is 0 Å². The zero-order valence-electron chi connectivity index (χ0n) is 15.6. The van der Waals surface area contributed by atoms with Gasteiger partial charge in [0.2, 0.25) is 0 Å². The molecule has 0 fully saturated rings. The van der Waals surface area contributed by atoms with E-state index in [9.17, 15) is 4.79 Å². The minimum absolute atomic E-state index is 0.122. The van der Waals surface area contributed by atoms with Gasteiger partial charge in [0.25, 0.3) is 0 Å². The zero-order valence-corrected chi connectivity index (χ0v) is 17.3. The Kier molecular flexibility index (Phi) is 6.93. The Hall–Kier alpha value is -2.27. The quantitative estimate of drug-likeness (QED) is 0.315. The van der Waals surface area contributed by atoms with Gasteiger partial charge in [-0.1, -0.05) is 0 Å². The molecule has 2 aromatic carbocycles. The Morgan fingerprint density at radius 2 is 1.81 bits per heavy atom. The van der Waals surface area contributed by atoms with Crippen molar-refractivity contribution in [3.63, 3.8) is 0 Å². The Morgan fingerprint density at radius 1 is 1.11 bits per heavy atom. The fourth-order valence-corrected chi connectivity index (χ4v) is 5.97. The molecule has 0 radical (unpaired) electrons. The topological polar surface area (TPSA) is 26.3 Å². The molecule has 0 amide bonds. The van der Waals surface area contributed by atoms with Gasteiger partial charge in [0.15, 0.2) is 0 Å². The molecular weight excluding hydrogens is 399 g/mol. The summed E-state index contributed by atoms with van der Waals surface area (Å²) < 4.78 is 6.61. The van der Waals surface area contributed by atoms with Crippen LogP contribution < -0.4 is 4.46 Å². The van der Waals surface area contributed by atoms with Gasteiger partial charge in [0.1, 0.15) is 0 Å². The maximum atomic E-state index is 12.8. The molecule has 3 rings (SSSR count). The van der Waals surface area contributed by atoms with Gasteiger partial charge in [0, 0.05) is 0 Å². The summed E-state index contributed by atoms with van der Waals surface area (Å²) in [5, 5.41) is 1.02. The Bertz CT molecular complexity index is 833. The first kappa shape index (κ1) is 19.5. The molecule has 0 saturated carbocycles. The fourth-order valence-electron chi connectivity index (χ4n) is 3.45. The number of rotatable bonds is 5. The zero-order chi connectivity index (χ0) is 19.0. The minimum atomic E-state index is -0.540. The van der Waals surface area contributed by atoms with E-state index in [1.807, 2.05) is 36.4 Å². The first-order valence-electron chi connectivity index (χ1n) is 9.20. The Labute approximate surface area is 168 Å². The Balaban J connectivity index is 1.80. The third kappa shape index (κ3) is 4.92. The van der Waals surface area contributed by atoms with Crippen LogP contribution in [0.1, 0.15) is 24.8 Å². The molecule has 2 nitrogen and oxygen atoms in total. The van der Waals surface area contributed by atoms with Gasteiger partial charge in [-0.25, -0.2) is 0 Å². The molecule has 0 unspecified atom stereocenters. The van der Waals surface area contributed by atoms with Crippen molar-refractivity contribution in [3.8, 4) is 11.8 Å². The summed E-state index contributed by atoms with van der Waals surface area (Å²) in [5.74, 6) is 6.63. The van der Waals surface area contributed by atoms with E-state index in [4.69, 9.17) is 4.74 Å². The second-order valence-electron chi connectivity index (χ2n) is 6.72. The molecule has 2 aromatic rings. The molecule has 0 saturated heterocycles. The van der Waals surface area contributed by atoms with Crippen LogP contribution in [0.3, 0.4) is 0 Å². The van der Waals surface area contributed by atoms with Crippen LogP contribution in [-0.2, 0) is 9.53 Å². The molecule has 0 aliphatic heterocycles. The van der Waals surface area contributed by atoms with Crippen molar-refractivity contribution in [1.29, 1.82) is 0 Å². The summed E-state index contributed by atoms with van der Waals surface area (Å²) in [6.45, 7) is 0. The van der Waals surface area contributed by atoms with E-state index in [1.165, 1.54) is 11.6 Å². The average Bonchev–Trinajstić information content (AvgIpc) is 2.74. The summed E-state index contributed by atoms with van der Waals surface area (Å²) in [6, 6.07) is 20.5. The molecule has 2 atom stereocenters. The predicted molar refractivity (Wildman–Crippen MR) is 111 cm³/mol. The van der Waals surface area contributed by atoms with Gasteiger partial charge >= 0.3 is 168 Å². The van der Waals surface area contributed by atoms with Gasteiger partial charge in [0.05, 0.1) is 0 Å². The fraction of sp³-hybridized carbons (Fsp3) is 0.292. The van der Waals surface area contributed by atoms with Crippen molar-refractivity contribution in [1.82, 2.24) is 0 Å². The van der Waals surface area contributed by atoms with Crippen molar-refractivity contribution in [3.05, 3.63) is 78.4 Å². The van der Waals surface area contributed by atoms with E-state index in [-0.39, 0.29) is 11.9 Å². The molecule has 0 heterocycles. The second-order valence-corrected chi connectivity index (χ2v) is 9.02. The van der Waals surface area contributed by atoms with Crippen LogP contribution in [0, 0.1) is 23.2 Å². The first-order valence-corrected chi connectivity index (χ1v) is 11.3. The van der Waals surface area contributed by atoms with Gasteiger partial charge in [-0.15, -0.1) is 0 Å². The van der Waals surface area contributed by atoms with E-state index < -0.39 is 5.41 Å². The SMILES string of the molecule is COC(=O)[C@]1(CC#Cc2ccccc2)CC=CC[C@@H]1C[Se]c1ccccc1. The molecule has 0 bridgehead atoms. The average molecular weight is 423 g/mol. The van der Waals surface area contributed by atoms with Crippen molar-refractivity contribution >= 4 is 25.4 Å². The predicted octanol–water partition coefficient (Wildman–Crippen LogP) is 4.00. The molecule has 3 heteroatoms. The summed E-state index contributed by atoms with van der Waals surface area (Å²) in [6.07, 6.45) is 6.48.